The zero-order valence-electron chi connectivity index (χ0n) is 21.3. The molecule has 0 spiro atoms. The molecule has 3 aromatic rings. The lowest BCUT2D eigenvalue weighted by Crippen LogP contribution is -2.15. The van der Waals surface area contributed by atoms with Gasteiger partial charge in [-0.2, -0.15) is 0 Å². The van der Waals surface area contributed by atoms with Gasteiger partial charge in [-0.3, -0.25) is 0 Å². The highest BCUT2D eigenvalue weighted by molar-refractivity contribution is 6.08. The summed E-state index contributed by atoms with van der Waals surface area (Å²) < 4.78 is 2.59. The number of hydrogen-bond donors (Lipinski definition) is 0. The summed E-state index contributed by atoms with van der Waals surface area (Å²) in [5.41, 5.74) is 6.16. The second-order valence-electron chi connectivity index (χ2n) is 10.9. The molecular formula is C30H45N. The Kier molecular flexibility index (Phi) is 7.55. The van der Waals surface area contributed by atoms with Crippen LogP contribution in [0.3, 0.4) is 0 Å². The molecule has 0 saturated heterocycles. The second kappa shape index (κ2) is 9.80. The van der Waals surface area contributed by atoms with Gasteiger partial charge in [-0.25, -0.2) is 0 Å². The van der Waals surface area contributed by atoms with Gasteiger partial charge in [0.1, 0.15) is 0 Å². The standard InChI is InChI=1S/C30H45N/c1-8-11-12-13-14-15-20-31-27-18-16-23(29(4,5)9-2)21-25(27)26-22-24(17-19-28(26)31)30(6,7)10-3/h16-19,21-22H,8-15,20H2,1-7H3. The van der Waals surface area contributed by atoms with E-state index < -0.39 is 0 Å². The molecule has 3 rings (SSSR count). The first-order chi connectivity index (χ1) is 14.7. The van der Waals surface area contributed by atoms with Crippen LogP contribution >= 0.6 is 0 Å². The number of rotatable bonds is 11. The number of unbranched alkanes of at least 4 members (excludes halogenated alkanes) is 5. The fraction of sp³-hybridized carbons (Fsp3) is 0.600. The molecule has 1 aromatic heterocycles. The summed E-state index contributed by atoms with van der Waals surface area (Å²) in [6, 6.07) is 14.5. The third kappa shape index (κ3) is 5.02. The maximum Gasteiger partial charge on any atom is 0.0491 e. The van der Waals surface area contributed by atoms with Gasteiger partial charge in [0.2, 0.25) is 0 Å². The molecule has 1 nitrogen and oxygen atoms in total. The number of fused-ring (bicyclic) bond motifs is 3. The van der Waals surface area contributed by atoms with Crippen LogP contribution in [0.5, 0.6) is 0 Å². The Morgan fingerprint density at radius 1 is 0.613 bits per heavy atom. The lowest BCUT2D eigenvalue weighted by Gasteiger charge is -2.24. The molecule has 0 saturated carbocycles. The van der Waals surface area contributed by atoms with Crippen LogP contribution in [0.25, 0.3) is 21.8 Å². The zero-order valence-corrected chi connectivity index (χ0v) is 21.3. The lowest BCUT2D eigenvalue weighted by atomic mass is 9.81. The van der Waals surface area contributed by atoms with Crippen molar-refractivity contribution in [3.05, 3.63) is 47.5 Å². The van der Waals surface area contributed by atoms with Crippen LogP contribution in [0, 0.1) is 0 Å². The van der Waals surface area contributed by atoms with E-state index in [1.54, 1.807) is 0 Å². The van der Waals surface area contributed by atoms with E-state index in [0.29, 0.717) is 0 Å². The summed E-state index contributed by atoms with van der Waals surface area (Å²) >= 11 is 0. The molecule has 0 bridgehead atoms. The molecule has 0 radical (unpaired) electrons. The molecule has 0 unspecified atom stereocenters. The lowest BCUT2D eigenvalue weighted by molar-refractivity contribution is 0.506. The summed E-state index contributed by atoms with van der Waals surface area (Å²) in [4.78, 5) is 0. The van der Waals surface area contributed by atoms with Crippen LogP contribution in [0.15, 0.2) is 36.4 Å². The number of benzene rings is 2. The van der Waals surface area contributed by atoms with Crippen LogP contribution in [0.1, 0.15) is 111 Å². The van der Waals surface area contributed by atoms with Crippen molar-refractivity contribution in [2.75, 3.05) is 0 Å². The van der Waals surface area contributed by atoms with Crippen molar-refractivity contribution >= 4 is 21.8 Å². The van der Waals surface area contributed by atoms with Gasteiger partial charge in [-0.1, -0.05) is 92.7 Å². The minimum atomic E-state index is 0.211. The van der Waals surface area contributed by atoms with E-state index in [0.717, 1.165) is 19.4 Å². The quantitative estimate of drug-likeness (QED) is 0.273. The van der Waals surface area contributed by atoms with Gasteiger partial charge in [0, 0.05) is 28.4 Å². The van der Waals surface area contributed by atoms with Gasteiger partial charge in [0.15, 0.2) is 0 Å². The fourth-order valence-electron chi connectivity index (χ4n) is 4.65. The molecule has 0 aliphatic rings. The van der Waals surface area contributed by atoms with Crippen molar-refractivity contribution < 1.29 is 0 Å². The predicted octanol–water partition coefficient (Wildman–Crippen LogP) is 9.53. The van der Waals surface area contributed by atoms with Gasteiger partial charge in [0.25, 0.3) is 0 Å². The molecule has 0 N–H and O–H groups in total. The predicted molar refractivity (Wildman–Crippen MR) is 139 cm³/mol. The SMILES string of the molecule is CCCCCCCCn1c2ccc(C(C)(C)CC)cc2c2cc(C(C)(C)CC)ccc21. The van der Waals surface area contributed by atoms with Crippen LogP contribution in [0.4, 0.5) is 0 Å². The Hall–Kier alpha value is -1.76. The van der Waals surface area contributed by atoms with E-state index in [2.05, 4.69) is 89.4 Å². The topological polar surface area (TPSA) is 4.93 Å². The summed E-state index contributed by atoms with van der Waals surface area (Å²) in [7, 11) is 0. The van der Waals surface area contributed by atoms with E-state index in [4.69, 9.17) is 0 Å². The smallest absolute Gasteiger partial charge is 0.0491 e. The Morgan fingerprint density at radius 2 is 1.06 bits per heavy atom. The maximum absolute atomic E-state index is 2.59. The molecule has 0 aliphatic heterocycles. The van der Waals surface area contributed by atoms with Gasteiger partial charge < -0.3 is 4.57 Å². The van der Waals surface area contributed by atoms with Crippen molar-refractivity contribution in [1.82, 2.24) is 4.57 Å². The molecule has 0 amide bonds. The molecule has 0 aliphatic carbocycles. The Morgan fingerprint density at radius 3 is 1.52 bits per heavy atom. The Labute approximate surface area is 191 Å². The highest BCUT2D eigenvalue weighted by Crippen LogP contribution is 2.37. The van der Waals surface area contributed by atoms with Crippen LogP contribution in [-0.4, -0.2) is 4.57 Å². The molecule has 0 fully saturated rings. The summed E-state index contributed by atoms with van der Waals surface area (Å²) in [6.07, 6.45) is 10.4. The average Bonchev–Trinajstić information content (AvgIpc) is 3.08. The second-order valence-corrected chi connectivity index (χ2v) is 10.9. The van der Waals surface area contributed by atoms with Crippen LogP contribution in [-0.2, 0) is 17.4 Å². The van der Waals surface area contributed by atoms with Gasteiger partial charge >= 0.3 is 0 Å². The normalized spacial score (nSPS) is 12.9. The minimum Gasteiger partial charge on any atom is -0.340 e. The molecule has 170 valence electrons. The molecule has 1 heteroatoms. The first-order valence-electron chi connectivity index (χ1n) is 12.8. The van der Waals surface area contributed by atoms with Crippen LogP contribution in [0.2, 0.25) is 0 Å². The zero-order chi connectivity index (χ0) is 22.6. The van der Waals surface area contributed by atoms with Gasteiger partial charge in [-0.15, -0.1) is 0 Å². The number of hydrogen-bond acceptors (Lipinski definition) is 0. The van der Waals surface area contributed by atoms with E-state index in [9.17, 15) is 0 Å². The summed E-state index contributed by atoms with van der Waals surface area (Å²) in [6.45, 7) is 17.5. The van der Waals surface area contributed by atoms with E-state index in [-0.39, 0.29) is 10.8 Å². The fourth-order valence-corrected chi connectivity index (χ4v) is 4.65. The molecule has 2 aromatic carbocycles. The van der Waals surface area contributed by atoms with Gasteiger partial charge in [0.05, 0.1) is 0 Å². The highest BCUT2D eigenvalue weighted by atomic mass is 15.0. The third-order valence-electron chi connectivity index (χ3n) is 7.93. The molecule has 31 heavy (non-hydrogen) atoms. The largest absolute Gasteiger partial charge is 0.340 e. The third-order valence-corrected chi connectivity index (χ3v) is 7.93. The van der Waals surface area contributed by atoms with Crippen molar-refractivity contribution in [2.45, 2.75) is 117 Å². The number of aromatic nitrogens is 1. The van der Waals surface area contributed by atoms with E-state index in [1.165, 1.54) is 71.5 Å². The Balaban J connectivity index is 2.06. The highest BCUT2D eigenvalue weighted by Gasteiger charge is 2.22. The summed E-state index contributed by atoms with van der Waals surface area (Å²) in [5, 5.41) is 2.88. The van der Waals surface area contributed by atoms with Gasteiger partial charge in [-0.05, 0) is 65.5 Å². The first kappa shape index (κ1) is 23.9. The van der Waals surface area contributed by atoms with Crippen LogP contribution < -0.4 is 0 Å². The number of aryl methyl sites for hydroxylation is 1. The number of nitrogens with zero attached hydrogens (tertiary/aromatic N) is 1. The molecule has 0 atom stereocenters. The average molecular weight is 420 g/mol. The maximum atomic E-state index is 2.59. The van der Waals surface area contributed by atoms with E-state index >= 15 is 0 Å². The van der Waals surface area contributed by atoms with Crippen molar-refractivity contribution in [2.24, 2.45) is 0 Å². The first-order valence-corrected chi connectivity index (χ1v) is 12.8. The molecular weight excluding hydrogens is 374 g/mol. The van der Waals surface area contributed by atoms with Crippen molar-refractivity contribution in [3.8, 4) is 0 Å². The van der Waals surface area contributed by atoms with Crippen molar-refractivity contribution in [3.63, 3.8) is 0 Å². The summed E-state index contributed by atoms with van der Waals surface area (Å²) in [5.74, 6) is 0. The van der Waals surface area contributed by atoms with E-state index in [1.807, 2.05) is 0 Å². The minimum absolute atomic E-state index is 0.211. The monoisotopic (exact) mass is 419 g/mol. The van der Waals surface area contributed by atoms with Crippen molar-refractivity contribution in [1.29, 1.82) is 0 Å². The Bertz CT molecular complexity index is 929. The molecule has 1 heterocycles.